The summed E-state index contributed by atoms with van der Waals surface area (Å²) in [7, 11) is 3.15. The Balaban J connectivity index is 1.60. The van der Waals surface area contributed by atoms with Crippen molar-refractivity contribution in [2.24, 2.45) is 0 Å². The Hall–Kier alpha value is -4.58. The zero-order chi connectivity index (χ0) is 23.5. The fourth-order valence-corrected chi connectivity index (χ4v) is 4.05. The molecule has 0 saturated heterocycles. The van der Waals surface area contributed by atoms with Crippen LogP contribution in [0, 0.1) is 0 Å². The van der Waals surface area contributed by atoms with Crippen LogP contribution in [0.3, 0.4) is 0 Å². The predicted molar refractivity (Wildman–Crippen MR) is 135 cm³/mol. The molecule has 1 amide bonds. The molecule has 1 aliphatic rings. The molecular weight excluding hydrogens is 426 g/mol. The molecule has 1 aliphatic heterocycles. The average molecular weight is 450 g/mol. The number of hydrogen-bond donors (Lipinski definition) is 2. The number of methoxy groups -OCH3 is 2. The smallest absolute Gasteiger partial charge is 0.258 e. The summed E-state index contributed by atoms with van der Waals surface area (Å²) in [5.41, 5.74) is 6.54. The van der Waals surface area contributed by atoms with Gasteiger partial charge in [0.2, 0.25) is 0 Å². The van der Waals surface area contributed by atoms with Crippen LogP contribution < -0.4 is 20.1 Å². The van der Waals surface area contributed by atoms with Crippen LogP contribution in [0.4, 0.5) is 11.4 Å². The van der Waals surface area contributed by atoms with Crippen LogP contribution in [0.15, 0.2) is 91.3 Å². The van der Waals surface area contributed by atoms with Crippen molar-refractivity contribution in [3.8, 4) is 22.6 Å². The predicted octanol–water partition coefficient (Wildman–Crippen LogP) is 5.70. The third-order valence-electron chi connectivity index (χ3n) is 5.73. The molecule has 6 heteroatoms. The Kier molecular flexibility index (Phi) is 5.70. The highest BCUT2D eigenvalue weighted by molar-refractivity contribution is 6.37. The number of nitrogens with zero attached hydrogens (tertiary/aromatic N) is 1. The number of carbonyl (C=O) groups is 1. The molecule has 2 heterocycles. The van der Waals surface area contributed by atoms with Crippen molar-refractivity contribution in [2.45, 2.75) is 0 Å². The van der Waals surface area contributed by atoms with Gasteiger partial charge in [-0.1, -0.05) is 48.5 Å². The Morgan fingerprint density at radius 3 is 2.26 bits per heavy atom. The van der Waals surface area contributed by atoms with Crippen molar-refractivity contribution in [1.82, 2.24) is 4.98 Å². The molecule has 0 fully saturated rings. The van der Waals surface area contributed by atoms with Crippen LogP contribution in [0.25, 0.3) is 22.4 Å². The summed E-state index contributed by atoms with van der Waals surface area (Å²) >= 11 is 0. The van der Waals surface area contributed by atoms with Crippen molar-refractivity contribution >= 4 is 28.6 Å². The lowest BCUT2D eigenvalue weighted by molar-refractivity contribution is -0.110. The minimum atomic E-state index is -0.191. The fraction of sp³-hybridized carbons (Fsp3) is 0.0714. The van der Waals surface area contributed by atoms with Gasteiger partial charge in [-0.05, 0) is 41.0 Å². The third-order valence-corrected chi connectivity index (χ3v) is 5.73. The Morgan fingerprint density at radius 1 is 0.853 bits per heavy atom. The van der Waals surface area contributed by atoms with Crippen molar-refractivity contribution in [3.05, 3.63) is 102 Å². The number of nitrogens with one attached hydrogen (secondary N) is 2. The van der Waals surface area contributed by atoms with E-state index in [1.54, 1.807) is 26.5 Å². The van der Waals surface area contributed by atoms with Crippen molar-refractivity contribution in [2.75, 3.05) is 24.9 Å². The Bertz CT molecular complexity index is 1370. The van der Waals surface area contributed by atoms with Crippen molar-refractivity contribution in [1.29, 1.82) is 0 Å². The van der Waals surface area contributed by atoms with Crippen LogP contribution in [0.1, 0.15) is 11.1 Å². The average Bonchev–Trinajstić information content (AvgIpc) is 3.22. The number of ether oxygens (including phenoxy) is 2. The van der Waals surface area contributed by atoms with E-state index in [4.69, 9.17) is 9.47 Å². The molecule has 4 aromatic rings. The highest BCUT2D eigenvalue weighted by atomic mass is 16.5. The summed E-state index contributed by atoms with van der Waals surface area (Å²) in [6.07, 6.45) is 3.59. The number of carbonyl (C=O) groups excluding carboxylic acids is 1. The summed E-state index contributed by atoms with van der Waals surface area (Å²) in [6, 6.07) is 25.4. The van der Waals surface area contributed by atoms with Gasteiger partial charge < -0.3 is 20.1 Å². The van der Waals surface area contributed by atoms with Crippen LogP contribution in [-0.4, -0.2) is 25.1 Å². The Labute approximate surface area is 197 Å². The van der Waals surface area contributed by atoms with Crippen LogP contribution in [-0.2, 0) is 4.79 Å². The first-order chi connectivity index (χ1) is 16.7. The van der Waals surface area contributed by atoms with E-state index >= 15 is 0 Å². The maximum Gasteiger partial charge on any atom is 0.258 e. The molecule has 6 nitrogen and oxygen atoms in total. The second-order valence-corrected chi connectivity index (χ2v) is 7.77. The first kappa shape index (κ1) is 21.3. The molecule has 0 bridgehead atoms. The van der Waals surface area contributed by atoms with Gasteiger partial charge in [0.25, 0.3) is 5.91 Å². The molecule has 0 atom stereocenters. The van der Waals surface area contributed by atoms with E-state index in [0.29, 0.717) is 28.5 Å². The summed E-state index contributed by atoms with van der Waals surface area (Å²) in [5, 5.41) is 6.45. The van der Waals surface area contributed by atoms with Gasteiger partial charge in [0.1, 0.15) is 0 Å². The van der Waals surface area contributed by atoms with E-state index in [0.717, 1.165) is 27.9 Å². The first-order valence-corrected chi connectivity index (χ1v) is 10.8. The van der Waals surface area contributed by atoms with Gasteiger partial charge in [0, 0.05) is 29.7 Å². The number of anilines is 2. The monoisotopic (exact) mass is 449 g/mol. The normalized spacial score (nSPS) is 13.6. The summed E-state index contributed by atoms with van der Waals surface area (Å²) in [5.74, 6) is 0.926. The molecule has 0 saturated carbocycles. The molecule has 5 rings (SSSR count). The van der Waals surface area contributed by atoms with Crippen LogP contribution in [0.2, 0.25) is 0 Å². The second-order valence-electron chi connectivity index (χ2n) is 7.77. The zero-order valence-electron chi connectivity index (χ0n) is 18.8. The van der Waals surface area contributed by atoms with Crippen LogP contribution in [0.5, 0.6) is 11.5 Å². The van der Waals surface area contributed by atoms with Gasteiger partial charge in [0.05, 0.1) is 31.2 Å². The van der Waals surface area contributed by atoms with Gasteiger partial charge in [-0.15, -0.1) is 0 Å². The lowest BCUT2D eigenvalue weighted by Crippen LogP contribution is -2.10. The first-order valence-electron chi connectivity index (χ1n) is 10.8. The molecule has 0 spiro atoms. The molecule has 34 heavy (non-hydrogen) atoms. The SMILES string of the molecule is COc1cc2c(cc1OC)/C(=C(\Nc1ccc(-c3cccnc3)cc1)c1ccccc1)C(=O)N2. The molecule has 0 aliphatic carbocycles. The quantitative estimate of drug-likeness (QED) is 0.370. The number of rotatable bonds is 6. The highest BCUT2D eigenvalue weighted by Crippen LogP contribution is 2.43. The molecule has 2 N–H and O–H groups in total. The Morgan fingerprint density at radius 2 is 1.59 bits per heavy atom. The van der Waals surface area contributed by atoms with E-state index < -0.39 is 0 Å². The standard InChI is InChI=1S/C28H23N3O3/c1-33-24-15-22-23(16-25(24)34-2)31-28(32)26(22)27(19-7-4-3-5-8-19)30-21-12-10-18(11-13-21)20-9-6-14-29-17-20/h3-17,30H,1-2H3,(H,31,32)/b27-26+. The van der Waals surface area contributed by atoms with E-state index in [9.17, 15) is 4.79 Å². The molecular formula is C28H23N3O3. The number of pyridine rings is 1. The third kappa shape index (κ3) is 3.97. The molecule has 0 unspecified atom stereocenters. The van der Waals surface area contributed by atoms with Gasteiger partial charge in [-0.2, -0.15) is 0 Å². The minimum absolute atomic E-state index is 0.191. The summed E-state index contributed by atoms with van der Waals surface area (Å²) in [4.78, 5) is 17.4. The zero-order valence-corrected chi connectivity index (χ0v) is 18.8. The number of amides is 1. The maximum absolute atomic E-state index is 13.2. The number of benzene rings is 3. The summed E-state index contributed by atoms with van der Waals surface area (Å²) < 4.78 is 10.9. The van der Waals surface area contributed by atoms with Gasteiger partial charge in [-0.25, -0.2) is 0 Å². The largest absolute Gasteiger partial charge is 0.493 e. The fourth-order valence-electron chi connectivity index (χ4n) is 4.05. The number of fused-ring (bicyclic) bond motifs is 1. The van der Waals surface area contributed by atoms with Crippen molar-refractivity contribution < 1.29 is 14.3 Å². The molecule has 3 aromatic carbocycles. The van der Waals surface area contributed by atoms with E-state index in [1.807, 2.05) is 79.0 Å². The van der Waals surface area contributed by atoms with Crippen LogP contribution >= 0.6 is 0 Å². The topological polar surface area (TPSA) is 72.5 Å². The molecule has 168 valence electrons. The van der Waals surface area contributed by atoms with E-state index in [-0.39, 0.29) is 5.91 Å². The maximum atomic E-state index is 13.2. The van der Waals surface area contributed by atoms with Gasteiger partial charge >= 0.3 is 0 Å². The number of hydrogen-bond acceptors (Lipinski definition) is 5. The molecule has 1 aromatic heterocycles. The lowest BCUT2D eigenvalue weighted by atomic mass is 9.99. The highest BCUT2D eigenvalue weighted by Gasteiger charge is 2.30. The van der Waals surface area contributed by atoms with Gasteiger partial charge in [0.15, 0.2) is 11.5 Å². The summed E-state index contributed by atoms with van der Waals surface area (Å²) in [6.45, 7) is 0. The molecule has 0 radical (unpaired) electrons. The second kappa shape index (κ2) is 9.11. The lowest BCUT2D eigenvalue weighted by Gasteiger charge is -2.16. The van der Waals surface area contributed by atoms with E-state index in [1.165, 1.54) is 0 Å². The van der Waals surface area contributed by atoms with E-state index in [2.05, 4.69) is 15.6 Å². The minimum Gasteiger partial charge on any atom is -0.493 e. The van der Waals surface area contributed by atoms with Crippen molar-refractivity contribution in [3.63, 3.8) is 0 Å². The van der Waals surface area contributed by atoms with Gasteiger partial charge in [-0.3, -0.25) is 9.78 Å². The number of aromatic nitrogens is 1.